The Hall–Kier alpha value is -2.62. The highest BCUT2D eigenvalue weighted by Gasteiger charge is 2.40. The van der Waals surface area contributed by atoms with E-state index in [-0.39, 0.29) is 23.9 Å². The van der Waals surface area contributed by atoms with Crippen molar-refractivity contribution in [1.82, 2.24) is 14.4 Å². The molecular weight excluding hydrogens is 418 g/mol. The minimum absolute atomic E-state index is 0.151. The molecule has 3 aromatic rings. The van der Waals surface area contributed by atoms with Crippen LogP contribution in [0.25, 0.3) is 11.4 Å². The number of aromatic nitrogens is 2. The highest BCUT2D eigenvalue weighted by Crippen LogP contribution is 2.36. The Kier molecular flexibility index (Phi) is 4.45. The minimum atomic E-state index is -3.64. The van der Waals surface area contributed by atoms with Gasteiger partial charge in [0, 0.05) is 29.7 Å². The Bertz CT molecular complexity index is 1170. The van der Waals surface area contributed by atoms with Crippen molar-refractivity contribution >= 4 is 21.6 Å². The van der Waals surface area contributed by atoms with E-state index in [2.05, 4.69) is 10.1 Å². The summed E-state index contributed by atoms with van der Waals surface area (Å²) in [6.45, 7) is 1.39. The fourth-order valence-corrected chi connectivity index (χ4v) is 5.01. The molecule has 1 aromatic heterocycles. The molecule has 0 aliphatic carbocycles. The number of sulfonamides is 1. The lowest BCUT2D eigenvalue weighted by atomic mass is 10.0. The van der Waals surface area contributed by atoms with E-state index in [1.807, 2.05) is 6.07 Å². The molecule has 10 heteroatoms. The third-order valence-corrected chi connectivity index (χ3v) is 6.94. The third-order valence-electron chi connectivity index (χ3n) is 4.87. The summed E-state index contributed by atoms with van der Waals surface area (Å²) in [6, 6.07) is 11.8. The van der Waals surface area contributed by atoms with Crippen LogP contribution >= 0.6 is 11.6 Å². The minimum Gasteiger partial charge on any atom is -0.486 e. The molecule has 0 N–H and O–H groups in total. The van der Waals surface area contributed by atoms with Crippen molar-refractivity contribution in [2.45, 2.75) is 10.8 Å². The SMILES string of the molecule is O=S(=O)(c1ccc2c(c1)OCCO2)N1CC(c2nc(-c3cccc(Cl)c3)no2)C1. The van der Waals surface area contributed by atoms with Gasteiger partial charge in [-0.05, 0) is 24.3 Å². The first-order valence-electron chi connectivity index (χ1n) is 9.00. The molecule has 5 rings (SSSR count). The number of hydrogen-bond acceptors (Lipinski definition) is 7. The second-order valence-corrected chi connectivity index (χ2v) is 9.17. The first kappa shape index (κ1) is 18.4. The van der Waals surface area contributed by atoms with Crippen molar-refractivity contribution in [3.8, 4) is 22.9 Å². The summed E-state index contributed by atoms with van der Waals surface area (Å²) in [4.78, 5) is 4.57. The Labute approximate surface area is 172 Å². The maximum absolute atomic E-state index is 12.9. The topological polar surface area (TPSA) is 94.8 Å². The van der Waals surface area contributed by atoms with Crippen molar-refractivity contribution in [3.63, 3.8) is 0 Å². The van der Waals surface area contributed by atoms with Crippen LogP contribution in [0, 0.1) is 0 Å². The molecule has 1 fully saturated rings. The van der Waals surface area contributed by atoms with Gasteiger partial charge in [-0.3, -0.25) is 0 Å². The van der Waals surface area contributed by atoms with Gasteiger partial charge >= 0.3 is 0 Å². The fraction of sp³-hybridized carbons (Fsp3) is 0.263. The summed E-state index contributed by atoms with van der Waals surface area (Å²) >= 11 is 6.00. The van der Waals surface area contributed by atoms with Crippen molar-refractivity contribution in [3.05, 3.63) is 53.4 Å². The monoisotopic (exact) mass is 433 g/mol. The van der Waals surface area contributed by atoms with Crippen LogP contribution < -0.4 is 9.47 Å². The van der Waals surface area contributed by atoms with Gasteiger partial charge in [0.1, 0.15) is 13.2 Å². The van der Waals surface area contributed by atoms with Crippen LogP contribution in [0.15, 0.2) is 51.9 Å². The predicted molar refractivity (Wildman–Crippen MR) is 104 cm³/mol. The molecule has 0 atom stereocenters. The largest absolute Gasteiger partial charge is 0.486 e. The number of hydrogen-bond donors (Lipinski definition) is 0. The predicted octanol–water partition coefficient (Wildman–Crippen LogP) is 2.95. The van der Waals surface area contributed by atoms with Crippen molar-refractivity contribution in [2.75, 3.05) is 26.3 Å². The molecule has 2 aromatic carbocycles. The number of rotatable bonds is 4. The van der Waals surface area contributed by atoms with Crippen LogP contribution in [-0.4, -0.2) is 49.2 Å². The average molecular weight is 434 g/mol. The van der Waals surface area contributed by atoms with E-state index < -0.39 is 10.0 Å². The Morgan fingerprint density at radius 3 is 2.62 bits per heavy atom. The maximum atomic E-state index is 12.9. The summed E-state index contributed by atoms with van der Waals surface area (Å²) in [5, 5.41) is 4.56. The smallest absolute Gasteiger partial charge is 0.243 e. The number of fused-ring (bicyclic) bond motifs is 1. The molecular formula is C19H16ClN3O5S. The van der Waals surface area contributed by atoms with Gasteiger partial charge in [-0.1, -0.05) is 28.9 Å². The van der Waals surface area contributed by atoms with Crippen LogP contribution in [0.5, 0.6) is 11.5 Å². The van der Waals surface area contributed by atoms with E-state index in [4.69, 9.17) is 25.6 Å². The van der Waals surface area contributed by atoms with Gasteiger partial charge in [-0.15, -0.1) is 0 Å². The van der Waals surface area contributed by atoms with E-state index in [0.717, 1.165) is 5.56 Å². The molecule has 3 heterocycles. The summed E-state index contributed by atoms with van der Waals surface area (Å²) in [5.74, 6) is 1.68. The third kappa shape index (κ3) is 3.35. The van der Waals surface area contributed by atoms with E-state index in [1.165, 1.54) is 16.4 Å². The van der Waals surface area contributed by atoms with Crippen molar-refractivity contribution in [2.24, 2.45) is 0 Å². The van der Waals surface area contributed by atoms with Gasteiger partial charge in [0.05, 0.1) is 10.8 Å². The van der Waals surface area contributed by atoms with E-state index in [0.29, 0.717) is 41.5 Å². The zero-order chi connectivity index (χ0) is 20.0. The van der Waals surface area contributed by atoms with Gasteiger partial charge in [-0.2, -0.15) is 9.29 Å². The highest BCUT2D eigenvalue weighted by molar-refractivity contribution is 7.89. The Balaban J connectivity index is 1.30. The lowest BCUT2D eigenvalue weighted by molar-refractivity contribution is 0.171. The molecule has 0 amide bonds. The van der Waals surface area contributed by atoms with Crippen LogP contribution in [-0.2, 0) is 10.0 Å². The highest BCUT2D eigenvalue weighted by atomic mass is 35.5. The molecule has 2 aliphatic rings. The van der Waals surface area contributed by atoms with Crippen molar-refractivity contribution < 1.29 is 22.4 Å². The van der Waals surface area contributed by atoms with E-state index >= 15 is 0 Å². The lowest BCUT2D eigenvalue weighted by Crippen LogP contribution is -2.48. The normalized spacial score (nSPS) is 17.1. The maximum Gasteiger partial charge on any atom is 0.243 e. The van der Waals surface area contributed by atoms with Crippen molar-refractivity contribution in [1.29, 1.82) is 0 Å². The molecule has 0 unspecified atom stereocenters. The number of halogens is 1. The second kappa shape index (κ2) is 7.01. The summed E-state index contributed by atoms with van der Waals surface area (Å²) in [7, 11) is -3.64. The lowest BCUT2D eigenvalue weighted by Gasteiger charge is -2.35. The standard InChI is InChI=1S/C19H16ClN3O5S/c20-14-3-1-2-12(8-14)18-21-19(28-22-18)13-10-23(11-13)29(24,25)15-4-5-16-17(9-15)27-7-6-26-16/h1-5,8-9,13H,6-7,10-11H2. The molecule has 0 bridgehead atoms. The van der Waals surface area contributed by atoms with Crippen LogP contribution in [0.3, 0.4) is 0 Å². The first-order chi connectivity index (χ1) is 14.0. The second-order valence-electron chi connectivity index (χ2n) is 6.79. The number of benzene rings is 2. The van der Waals surface area contributed by atoms with Gasteiger partial charge in [0.25, 0.3) is 0 Å². The van der Waals surface area contributed by atoms with Crippen LogP contribution in [0.2, 0.25) is 5.02 Å². The molecule has 8 nitrogen and oxygen atoms in total. The first-order valence-corrected chi connectivity index (χ1v) is 10.8. The average Bonchev–Trinajstić information content (AvgIpc) is 3.16. The summed E-state index contributed by atoms with van der Waals surface area (Å²) in [6.07, 6.45) is 0. The molecule has 29 heavy (non-hydrogen) atoms. The van der Waals surface area contributed by atoms with Gasteiger partial charge in [-0.25, -0.2) is 8.42 Å². The summed E-state index contributed by atoms with van der Waals surface area (Å²) < 4.78 is 43.4. The quantitative estimate of drug-likeness (QED) is 0.624. The summed E-state index contributed by atoms with van der Waals surface area (Å²) in [5.41, 5.74) is 0.743. The number of nitrogens with zero attached hydrogens (tertiary/aromatic N) is 3. The Morgan fingerprint density at radius 1 is 1.03 bits per heavy atom. The molecule has 0 radical (unpaired) electrons. The Morgan fingerprint density at radius 2 is 1.83 bits per heavy atom. The molecule has 2 aliphatic heterocycles. The fourth-order valence-electron chi connectivity index (χ4n) is 3.27. The molecule has 0 spiro atoms. The van der Waals surface area contributed by atoms with Gasteiger partial charge < -0.3 is 14.0 Å². The zero-order valence-electron chi connectivity index (χ0n) is 15.1. The number of ether oxygens (including phenoxy) is 2. The zero-order valence-corrected chi connectivity index (χ0v) is 16.7. The van der Waals surface area contributed by atoms with E-state index in [1.54, 1.807) is 24.3 Å². The van der Waals surface area contributed by atoms with E-state index in [9.17, 15) is 8.42 Å². The van der Waals surface area contributed by atoms with Gasteiger partial charge in [0.2, 0.25) is 21.7 Å². The molecule has 1 saturated heterocycles. The van der Waals surface area contributed by atoms with Crippen LogP contribution in [0.1, 0.15) is 11.8 Å². The molecule has 0 saturated carbocycles. The molecule has 150 valence electrons. The van der Waals surface area contributed by atoms with Crippen LogP contribution in [0.4, 0.5) is 0 Å². The van der Waals surface area contributed by atoms with Gasteiger partial charge in [0.15, 0.2) is 11.5 Å².